The summed E-state index contributed by atoms with van der Waals surface area (Å²) in [6.07, 6.45) is 0.0558. The SMILES string of the molecule is O=C(O)C(Cn1ccc(C(F)(F)F)n1)(NC1CC1)C1CC1. The van der Waals surface area contributed by atoms with Gasteiger partial charge in [-0.1, -0.05) is 0 Å². The second-order valence-electron chi connectivity index (χ2n) is 5.87. The molecule has 1 aromatic rings. The van der Waals surface area contributed by atoms with Crippen LogP contribution < -0.4 is 5.32 Å². The van der Waals surface area contributed by atoms with Crippen LogP contribution in [0.4, 0.5) is 13.2 Å². The molecule has 1 aromatic heterocycles. The number of aromatic nitrogens is 2. The van der Waals surface area contributed by atoms with Gasteiger partial charge in [0.15, 0.2) is 5.69 Å². The van der Waals surface area contributed by atoms with Crippen LogP contribution in [0.15, 0.2) is 12.3 Å². The molecule has 2 aliphatic carbocycles. The molecule has 21 heavy (non-hydrogen) atoms. The number of carboxylic acids is 1. The third-order valence-corrected chi connectivity index (χ3v) is 4.04. The summed E-state index contributed by atoms with van der Waals surface area (Å²) in [4.78, 5) is 11.7. The topological polar surface area (TPSA) is 67.1 Å². The lowest BCUT2D eigenvalue weighted by Gasteiger charge is -2.31. The van der Waals surface area contributed by atoms with E-state index in [1.54, 1.807) is 0 Å². The predicted molar refractivity (Wildman–Crippen MR) is 66.5 cm³/mol. The smallest absolute Gasteiger partial charge is 0.435 e. The summed E-state index contributed by atoms with van der Waals surface area (Å²) in [7, 11) is 0. The van der Waals surface area contributed by atoms with Crippen LogP contribution in [0.2, 0.25) is 0 Å². The van der Waals surface area contributed by atoms with Crippen LogP contribution in [-0.4, -0.2) is 32.4 Å². The van der Waals surface area contributed by atoms with Crippen molar-refractivity contribution in [3.05, 3.63) is 18.0 Å². The van der Waals surface area contributed by atoms with Crippen LogP contribution in [-0.2, 0) is 17.5 Å². The van der Waals surface area contributed by atoms with E-state index in [-0.39, 0.29) is 18.5 Å². The molecule has 1 heterocycles. The zero-order valence-corrected chi connectivity index (χ0v) is 11.2. The number of rotatable bonds is 6. The van der Waals surface area contributed by atoms with Gasteiger partial charge in [-0.05, 0) is 37.7 Å². The highest BCUT2D eigenvalue weighted by Gasteiger charge is 2.53. The number of carboxylic acid groups (broad SMARTS) is 1. The standard InChI is InChI=1S/C13H16F3N3O2/c14-13(15,16)10-5-6-19(18-10)7-12(11(20)21,8-1-2-8)17-9-3-4-9/h5-6,8-9,17H,1-4,7H2,(H,20,21). The molecule has 0 aliphatic heterocycles. The van der Waals surface area contributed by atoms with Crippen molar-refractivity contribution in [1.82, 2.24) is 15.1 Å². The lowest BCUT2D eigenvalue weighted by molar-refractivity contribution is -0.147. The summed E-state index contributed by atoms with van der Waals surface area (Å²) in [6.45, 7) is -0.0837. The quantitative estimate of drug-likeness (QED) is 0.842. The van der Waals surface area contributed by atoms with Gasteiger partial charge in [0.1, 0.15) is 5.54 Å². The fraction of sp³-hybridized carbons (Fsp3) is 0.692. The Balaban J connectivity index is 1.83. The first-order valence-electron chi connectivity index (χ1n) is 6.93. The van der Waals surface area contributed by atoms with Gasteiger partial charge < -0.3 is 5.11 Å². The summed E-state index contributed by atoms with van der Waals surface area (Å²) in [6, 6.07) is 1.02. The van der Waals surface area contributed by atoms with Gasteiger partial charge in [0.05, 0.1) is 6.54 Å². The van der Waals surface area contributed by atoms with Gasteiger partial charge in [0, 0.05) is 12.2 Å². The Morgan fingerprint density at radius 1 is 1.38 bits per heavy atom. The number of halogens is 3. The van der Waals surface area contributed by atoms with Crippen molar-refractivity contribution in [2.24, 2.45) is 5.92 Å². The molecule has 2 aliphatic rings. The number of carbonyl (C=O) groups is 1. The van der Waals surface area contributed by atoms with E-state index in [9.17, 15) is 23.1 Å². The second kappa shape index (κ2) is 4.72. The van der Waals surface area contributed by atoms with Crippen LogP contribution in [0.1, 0.15) is 31.4 Å². The van der Waals surface area contributed by atoms with E-state index in [0.29, 0.717) is 0 Å². The third kappa shape index (κ3) is 2.90. The lowest BCUT2D eigenvalue weighted by Crippen LogP contribution is -2.58. The largest absolute Gasteiger partial charge is 0.480 e. The number of nitrogens with one attached hydrogen (secondary N) is 1. The zero-order chi connectivity index (χ0) is 15.3. The first-order valence-corrected chi connectivity index (χ1v) is 6.93. The maximum absolute atomic E-state index is 12.6. The number of hydrogen-bond donors (Lipinski definition) is 2. The normalized spacial score (nSPS) is 22.0. The summed E-state index contributed by atoms with van der Waals surface area (Å²) < 4.78 is 38.8. The van der Waals surface area contributed by atoms with Crippen LogP contribution in [0.3, 0.4) is 0 Å². The molecule has 0 bridgehead atoms. The molecule has 116 valence electrons. The van der Waals surface area contributed by atoms with Gasteiger partial charge in [-0.15, -0.1) is 0 Å². The first kappa shape index (κ1) is 14.4. The highest BCUT2D eigenvalue weighted by Crippen LogP contribution is 2.43. The van der Waals surface area contributed by atoms with Gasteiger partial charge >= 0.3 is 12.1 Å². The molecule has 2 saturated carbocycles. The Kier molecular flexibility index (Phi) is 3.23. The van der Waals surface area contributed by atoms with Gasteiger partial charge in [-0.25, -0.2) is 0 Å². The Hall–Kier alpha value is -1.57. The van der Waals surface area contributed by atoms with Gasteiger partial charge in [-0.3, -0.25) is 14.8 Å². The number of alkyl halides is 3. The maximum atomic E-state index is 12.6. The average Bonchev–Trinajstić information content (AvgIpc) is 3.27. The van der Waals surface area contributed by atoms with E-state index in [1.165, 1.54) is 6.20 Å². The molecular formula is C13H16F3N3O2. The molecule has 0 aromatic carbocycles. The third-order valence-electron chi connectivity index (χ3n) is 4.04. The Bertz CT molecular complexity index is 549. The fourth-order valence-electron chi connectivity index (χ4n) is 2.62. The molecule has 1 atom stereocenters. The van der Waals surface area contributed by atoms with E-state index < -0.39 is 23.4 Å². The lowest BCUT2D eigenvalue weighted by atomic mass is 9.93. The minimum Gasteiger partial charge on any atom is -0.480 e. The predicted octanol–water partition coefficient (Wildman–Crippen LogP) is 1.89. The van der Waals surface area contributed by atoms with E-state index in [2.05, 4.69) is 10.4 Å². The van der Waals surface area contributed by atoms with Crippen LogP contribution in [0.5, 0.6) is 0 Å². The van der Waals surface area contributed by atoms with E-state index in [4.69, 9.17) is 0 Å². The minimum atomic E-state index is -4.51. The van der Waals surface area contributed by atoms with Crippen molar-refractivity contribution in [1.29, 1.82) is 0 Å². The monoisotopic (exact) mass is 303 g/mol. The Morgan fingerprint density at radius 2 is 2.05 bits per heavy atom. The molecule has 0 saturated heterocycles. The Morgan fingerprint density at radius 3 is 2.48 bits per heavy atom. The van der Waals surface area contributed by atoms with Crippen molar-refractivity contribution in [2.45, 2.75) is 50.0 Å². The minimum absolute atomic E-state index is 0.0471. The van der Waals surface area contributed by atoms with Gasteiger partial charge in [0.2, 0.25) is 0 Å². The molecular weight excluding hydrogens is 287 g/mol. The summed E-state index contributed by atoms with van der Waals surface area (Å²) in [5.74, 6) is -1.06. The molecule has 0 spiro atoms. The summed E-state index contributed by atoms with van der Waals surface area (Å²) in [5.41, 5.74) is -2.21. The van der Waals surface area contributed by atoms with Crippen molar-refractivity contribution in [2.75, 3.05) is 0 Å². The number of hydrogen-bond acceptors (Lipinski definition) is 3. The van der Waals surface area contributed by atoms with E-state index in [1.807, 2.05) is 0 Å². The Labute approximate surface area is 119 Å². The molecule has 3 rings (SSSR count). The van der Waals surface area contributed by atoms with Crippen LogP contribution >= 0.6 is 0 Å². The molecule has 8 heteroatoms. The molecule has 2 N–H and O–H groups in total. The highest BCUT2D eigenvalue weighted by atomic mass is 19.4. The molecule has 1 unspecified atom stereocenters. The van der Waals surface area contributed by atoms with Crippen LogP contribution in [0, 0.1) is 5.92 Å². The molecule has 5 nitrogen and oxygen atoms in total. The van der Waals surface area contributed by atoms with Crippen molar-refractivity contribution in [3.8, 4) is 0 Å². The van der Waals surface area contributed by atoms with Crippen molar-refractivity contribution in [3.63, 3.8) is 0 Å². The van der Waals surface area contributed by atoms with Crippen LogP contribution in [0.25, 0.3) is 0 Å². The molecule has 0 radical (unpaired) electrons. The number of nitrogens with zero attached hydrogens (tertiary/aromatic N) is 2. The second-order valence-corrected chi connectivity index (χ2v) is 5.87. The number of aliphatic carboxylic acids is 1. The first-order chi connectivity index (χ1) is 9.81. The van der Waals surface area contributed by atoms with Crippen molar-refractivity contribution < 1.29 is 23.1 Å². The zero-order valence-electron chi connectivity index (χ0n) is 11.2. The van der Waals surface area contributed by atoms with E-state index in [0.717, 1.165) is 36.4 Å². The average molecular weight is 303 g/mol. The molecule has 2 fully saturated rings. The van der Waals surface area contributed by atoms with Gasteiger partial charge in [-0.2, -0.15) is 18.3 Å². The summed E-state index contributed by atoms with van der Waals surface area (Å²) >= 11 is 0. The highest BCUT2D eigenvalue weighted by molar-refractivity contribution is 5.80. The van der Waals surface area contributed by atoms with Crippen molar-refractivity contribution >= 4 is 5.97 Å². The maximum Gasteiger partial charge on any atom is 0.435 e. The van der Waals surface area contributed by atoms with E-state index >= 15 is 0 Å². The fourth-order valence-corrected chi connectivity index (χ4v) is 2.62. The van der Waals surface area contributed by atoms with Gasteiger partial charge in [0.25, 0.3) is 0 Å². The molecule has 0 amide bonds. The summed E-state index contributed by atoms with van der Waals surface area (Å²) in [5, 5.41) is 16.2.